The van der Waals surface area contributed by atoms with Gasteiger partial charge in [0.05, 0.1) is 0 Å². The van der Waals surface area contributed by atoms with Gasteiger partial charge in [0.25, 0.3) is 0 Å². The van der Waals surface area contributed by atoms with E-state index in [-0.39, 0.29) is 5.54 Å². The van der Waals surface area contributed by atoms with Crippen LogP contribution in [0.4, 0.5) is 0 Å². The fourth-order valence-electron chi connectivity index (χ4n) is 2.12. The van der Waals surface area contributed by atoms with E-state index in [9.17, 15) is 0 Å². The van der Waals surface area contributed by atoms with Crippen LogP contribution in [0.15, 0.2) is 24.3 Å². The number of hydrogen-bond acceptors (Lipinski definition) is 1. The number of hydrogen-bond donors (Lipinski definition) is 1. The van der Waals surface area contributed by atoms with Crippen LogP contribution in [-0.4, -0.2) is 5.54 Å². The lowest BCUT2D eigenvalue weighted by Crippen LogP contribution is -2.22. The standard InChI is InChI=1S/C14H21N/c1-11(2)13-6-4-3-5-12(13)7-8-14(15)9-10-14/h3-6,11H,7-10,15H2,1-2H3. The average molecular weight is 203 g/mol. The smallest absolute Gasteiger partial charge is 0.0158 e. The van der Waals surface area contributed by atoms with Gasteiger partial charge in [-0.25, -0.2) is 0 Å². The molecular weight excluding hydrogens is 182 g/mol. The summed E-state index contributed by atoms with van der Waals surface area (Å²) in [6.07, 6.45) is 4.73. The summed E-state index contributed by atoms with van der Waals surface area (Å²) in [6, 6.07) is 8.77. The lowest BCUT2D eigenvalue weighted by molar-refractivity contribution is 0.605. The van der Waals surface area contributed by atoms with Crippen LogP contribution in [0, 0.1) is 0 Å². The zero-order valence-electron chi connectivity index (χ0n) is 9.79. The number of benzene rings is 1. The van der Waals surface area contributed by atoms with Crippen LogP contribution in [0.2, 0.25) is 0 Å². The highest BCUT2D eigenvalue weighted by Crippen LogP contribution is 2.37. The molecule has 1 aromatic carbocycles. The second kappa shape index (κ2) is 3.97. The Kier molecular flexibility index (Phi) is 2.83. The molecule has 15 heavy (non-hydrogen) atoms. The largest absolute Gasteiger partial charge is 0.325 e. The SMILES string of the molecule is CC(C)c1ccccc1CCC1(N)CC1. The topological polar surface area (TPSA) is 26.0 Å². The van der Waals surface area contributed by atoms with Crippen molar-refractivity contribution in [2.45, 2.75) is 51.0 Å². The Labute approximate surface area is 92.7 Å². The number of aryl methyl sites for hydroxylation is 1. The molecule has 1 aliphatic rings. The Hall–Kier alpha value is -0.820. The number of nitrogens with two attached hydrogens (primary N) is 1. The van der Waals surface area contributed by atoms with Gasteiger partial charge in [0, 0.05) is 5.54 Å². The van der Waals surface area contributed by atoms with Gasteiger partial charge >= 0.3 is 0 Å². The van der Waals surface area contributed by atoms with Gasteiger partial charge in [-0.3, -0.25) is 0 Å². The molecule has 2 N–H and O–H groups in total. The summed E-state index contributed by atoms with van der Waals surface area (Å²) in [5.74, 6) is 0.620. The van der Waals surface area contributed by atoms with E-state index in [4.69, 9.17) is 5.73 Å². The molecule has 1 heteroatoms. The summed E-state index contributed by atoms with van der Waals surface area (Å²) < 4.78 is 0. The fourth-order valence-corrected chi connectivity index (χ4v) is 2.12. The van der Waals surface area contributed by atoms with E-state index in [1.807, 2.05) is 0 Å². The third kappa shape index (κ3) is 2.60. The molecule has 0 aromatic heterocycles. The van der Waals surface area contributed by atoms with E-state index in [1.54, 1.807) is 0 Å². The van der Waals surface area contributed by atoms with Crippen molar-refractivity contribution in [3.8, 4) is 0 Å². The maximum absolute atomic E-state index is 6.12. The Morgan fingerprint density at radius 2 is 1.93 bits per heavy atom. The lowest BCUT2D eigenvalue weighted by atomic mass is 9.93. The second-order valence-electron chi connectivity index (χ2n) is 5.22. The Morgan fingerprint density at radius 3 is 2.53 bits per heavy atom. The summed E-state index contributed by atoms with van der Waals surface area (Å²) >= 11 is 0. The van der Waals surface area contributed by atoms with Crippen molar-refractivity contribution in [2.75, 3.05) is 0 Å². The molecule has 1 aliphatic carbocycles. The quantitative estimate of drug-likeness (QED) is 0.798. The van der Waals surface area contributed by atoms with Crippen LogP contribution < -0.4 is 5.73 Å². The van der Waals surface area contributed by atoms with Gasteiger partial charge in [0.15, 0.2) is 0 Å². The van der Waals surface area contributed by atoms with Crippen molar-refractivity contribution in [1.29, 1.82) is 0 Å². The summed E-state index contributed by atoms with van der Waals surface area (Å²) in [5.41, 5.74) is 9.28. The minimum absolute atomic E-state index is 0.185. The minimum Gasteiger partial charge on any atom is -0.325 e. The molecule has 0 radical (unpaired) electrons. The molecule has 1 nitrogen and oxygen atoms in total. The van der Waals surface area contributed by atoms with Crippen LogP contribution in [0.3, 0.4) is 0 Å². The normalized spacial score (nSPS) is 18.1. The van der Waals surface area contributed by atoms with Crippen LogP contribution >= 0.6 is 0 Å². The van der Waals surface area contributed by atoms with Crippen molar-refractivity contribution < 1.29 is 0 Å². The maximum atomic E-state index is 6.12. The Bertz CT molecular complexity index is 337. The molecule has 0 aliphatic heterocycles. The minimum atomic E-state index is 0.185. The van der Waals surface area contributed by atoms with Gasteiger partial charge in [-0.1, -0.05) is 38.1 Å². The van der Waals surface area contributed by atoms with Crippen LogP contribution in [0.5, 0.6) is 0 Å². The van der Waals surface area contributed by atoms with Crippen LogP contribution in [0.25, 0.3) is 0 Å². The molecule has 0 unspecified atom stereocenters. The first-order valence-electron chi connectivity index (χ1n) is 5.97. The zero-order valence-corrected chi connectivity index (χ0v) is 9.79. The van der Waals surface area contributed by atoms with Crippen LogP contribution in [0.1, 0.15) is 50.2 Å². The van der Waals surface area contributed by atoms with Crippen molar-refractivity contribution in [3.05, 3.63) is 35.4 Å². The van der Waals surface area contributed by atoms with Crippen molar-refractivity contribution in [2.24, 2.45) is 5.73 Å². The van der Waals surface area contributed by atoms with Gasteiger partial charge in [-0.2, -0.15) is 0 Å². The number of rotatable bonds is 4. The highest BCUT2D eigenvalue weighted by molar-refractivity contribution is 5.30. The van der Waals surface area contributed by atoms with Gasteiger partial charge in [0.2, 0.25) is 0 Å². The van der Waals surface area contributed by atoms with Gasteiger partial charge in [-0.15, -0.1) is 0 Å². The van der Waals surface area contributed by atoms with Crippen LogP contribution in [-0.2, 0) is 6.42 Å². The second-order valence-corrected chi connectivity index (χ2v) is 5.22. The predicted octanol–water partition coefficient (Wildman–Crippen LogP) is 3.23. The Morgan fingerprint density at radius 1 is 1.27 bits per heavy atom. The molecule has 1 fully saturated rings. The molecule has 0 spiro atoms. The van der Waals surface area contributed by atoms with E-state index in [0.717, 1.165) is 12.8 Å². The molecule has 1 saturated carbocycles. The first-order valence-corrected chi connectivity index (χ1v) is 5.97. The Balaban J connectivity index is 2.06. The zero-order chi connectivity index (χ0) is 10.9. The van der Waals surface area contributed by atoms with E-state index < -0.39 is 0 Å². The maximum Gasteiger partial charge on any atom is 0.0158 e. The highest BCUT2D eigenvalue weighted by atomic mass is 14.8. The molecule has 0 saturated heterocycles. The molecule has 1 aromatic rings. The fraction of sp³-hybridized carbons (Fsp3) is 0.571. The van der Waals surface area contributed by atoms with Gasteiger partial charge < -0.3 is 5.73 Å². The third-order valence-corrected chi connectivity index (χ3v) is 3.46. The molecule has 0 atom stereocenters. The van der Waals surface area contributed by atoms with E-state index >= 15 is 0 Å². The molecular formula is C14H21N. The molecule has 0 bridgehead atoms. The van der Waals surface area contributed by atoms with E-state index in [1.165, 1.54) is 24.0 Å². The van der Waals surface area contributed by atoms with Crippen molar-refractivity contribution >= 4 is 0 Å². The average Bonchev–Trinajstić information content (AvgIpc) is 2.95. The first-order chi connectivity index (χ1) is 7.11. The van der Waals surface area contributed by atoms with E-state index in [0.29, 0.717) is 5.92 Å². The molecule has 0 heterocycles. The monoisotopic (exact) mass is 203 g/mol. The van der Waals surface area contributed by atoms with Gasteiger partial charge in [0.1, 0.15) is 0 Å². The predicted molar refractivity (Wildman–Crippen MR) is 65.0 cm³/mol. The summed E-state index contributed by atoms with van der Waals surface area (Å²) in [4.78, 5) is 0. The lowest BCUT2D eigenvalue weighted by Gasteiger charge is -2.14. The van der Waals surface area contributed by atoms with Crippen molar-refractivity contribution in [3.63, 3.8) is 0 Å². The summed E-state index contributed by atoms with van der Waals surface area (Å²) in [6.45, 7) is 4.52. The first kappa shape index (κ1) is 10.7. The molecule has 0 amide bonds. The molecule has 82 valence electrons. The highest BCUT2D eigenvalue weighted by Gasteiger charge is 2.37. The van der Waals surface area contributed by atoms with E-state index in [2.05, 4.69) is 38.1 Å². The summed E-state index contributed by atoms with van der Waals surface area (Å²) in [5, 5.41) is 0. The molecule has 2 rings (SSSR count). The van der Waals surface area contributed by atoms with Gasteiger partial charge in [-0.05, 0) is 42.7 Å². The van der Waals surface area contributed by atoms with Crippen molar-refractivity contribution in [1.82, 2.24) is 0 Å². The summed E-state index contributed by atoms with van der Waals surface area (Å²) in [7, 11) is 0. The third-order valence-electron chi connectivity index (χ3n) is 3.46.